The first-order valence-electron chi connectivity index (χ1n) is 10.4. The minimum atomic E-state index is -4.59. The summed E-state index contributed by atoms with van der Waals surface area (Å²) >= 11 is 0. The molecule has 0 saturated heterocycles. The number of hydrogen-bond donors (Lipinski definition) is 3. The zero-order valence-corrected chi connectivity index (χ0v) is 18.7. The van der Waals surface area contributed by atoms with Gasteiger partial charge in [-0.15, -0.1) is 0 Å². The lowest BCUT2D eigenvalue weighted by Gasteiger charge is -2.12. The van der Waals surface area contributed by atoms with E-state index in [0.717, 1.165) is 28.8 Å². The number of pyridine rings is 2. The summed E-state index contributed by atoms with van der Waals surface area (Å²) in [6.45, 7) is 2.29. The van der Waals surface area contributed by atoms with Gasteiger partial charge in [0.15, 0.2) is 0 Å². The predicted octanol–water partition coefficient (Wildman–Crippen LogP) is 4.94. The molecule has 0 aliphatic rings. The van der Waals surface area contributed by atoms with Crippen LogP contribution >= 0.6 is 0 Å². The molecule has 0 bridgehead atoms. The fraction of sp³-hybridized carbons (Fsp3) is 0.167. The minimum Gasteiger partial charge on any atom is -0.464 e. The molecule has 3 heterocycles. The van der Waals surface area contributed by atoms with Gasteiger partial charge in [-0.2, -0.15) is 13.2 Å². The molecule has 0 unspecified atom stereocenters. The van der Waals surface area contributed by atoms with Gasteiger partial charge in [-0.1, -0.05) is 6.07 Å². The molecule has 0 aliphatic heterocycles. The molecule has 0 aliphatic carbocycles. The Hall–Kier alpha value is -4.41. The Kier molecular flexibility index (Phi) is 6.41. The van der Waals surface area contributed by atoms with E-state index in [4.69, 9.17) is 4.74 Å². The molecule has 3 N–H and O–H groups in total. The Balaban J connectivity index is 1.47. The third kappa shape index (κ3) is 5.40. The highest BCUT2D eigenvalue weighted by Crippen LogP contribution is 2.29. The number of H-pyrrole nitrogens is 1. The Morgan fingerprint density at radius 1 is 1.06 bits per heavy atom. The number of alkyl halides is 3. The fourth-order valence-electron chi connectivity index (χ4n) is 3.39. The number of hydrogen-bond acceptors (Lipinski definition) is 6. The van der Waals surface area contributed by atoms with E-state index < -0.39 is 23.6 Å². The first kappa shape index (κ1) is 23.7. The number of benzene rings is 1. The Labute approximate surface area is 197 Å². The Morgan fingerprint density at radius 2 is 1.86 bits per heavy atom. The zero-order chi connectivity index (χ0) is 25.2. The lowest BCUT2D eigenvalue weighted by molar-refractivity contribution is -0.137. The molecule has 0 saturated carbocycles. The normalized spacial score (nSPS) is 11.3. The smallest absolute Gasteiger partial charge is 0.417 e. The monoisotopic (exact) mass is 483 g/mol. The van der Waals surface area contributed by atoms with E-state index in [1.807, 2.05) is 13.0 Å². The second-order valence-electron chi connectivity index (χ2n) is 7.75. The van der Waals surface area contributed by atoms with Crippen LogP contribution < -0.4 is 10.6 Å². The van der Waals surface area contributed by atoms with Crippen LogP contribution in [0.15, 0.2) is 55.0 Å². The number of nitrogens with zero attached hydrogens (tertiary/aromatic N) is 2. The summed E-state index contributed by atoms with van der Waals surface area (Å²) in [5, 5.41) is 6.58. The van der Waals surface area contributed by atoms with Gasteiger partial charge in [0.2, 0.25) is 0 Å². The van der Waals surface area contributed by atoms with Crippen molar-refractivity contribution in [1.82, 2.24) is 15.0 Å². The molecule has 0 fully saturated rings. The van der Waals surface area contributed by atoms with Gasteiger partial charge in [0.1, 0.15) is 11.3 Å². The van der Waals surface area contributed by atoms with Crippen LogP contribution in [-0.2, 0) is 17.5 Å². The molecule has 35 heavy (non-hydrogen) atoms. The lowest BCUT2D eigenvalue weighted by atomic mass is 10.1. The number of amides is 1. The molecule has 4 rings (SSSR count). The van der Waals surface area contributed by atoms with Crippen LogP contribution in [0.3, 0.4) is 0 Å². The summed E-state index contributed by atoms with van der Waals surface area (Å²) in [6.07, 6.45) is -1.23. The van der Waals surface area contributed by atoms with Crippen molar-refractivity contribution in [3.8, 4) is 0 Å². The van der Waals surface area contributed by atoms with Crippen LogP contribution in [0.2, 0.25) is 0 Å². The van der Waals surface area contributed by atoms with E-state index in [2.05, 4.69) is 25.6 Å². The van der Waals surface area contributed by atoms with E-state index in [9.17, 15) is 22.8 Å². The molecule has 1 aromatic carbocycles. The number of rotatable bonds is 6. The quantitative estimate of drug-likeness (QED) is 0.336. The summed E-state index contributed by atoms with van der Waals surface area (Å²) in [7, 11) is 1.30. The van der Waals surface area contributed by atoms with Crippen molar-refractivity contribution in [3.63, 3.8) is 0 Å². The standard InChI is InChI=1S/C24H20F3N5O3/c1-13-3-4-18(31-22(33)16-5-17(11-28-9-16)24(25,26)27)7-15(13)10-29-19-6-14-8-20(23(34)35-2)32-21(14)30-12-19/h3-9,11-12,29H,10H2,1-2H3,(H,30,32)(H,31,33). The molecule has 4 aromatic rings. The second-order valence-corrected chi connectivity index (χ2v) is 7.75. The van der Waals surface area contributed by atoms with Gasteiger partial charge in [-0.05, 0) is 48.4 Å². The third-order valence-electron chi connectivity index (χ3n) is 5.29. The van der Waals surface area contributed by atoms with Gasteiger partial charge < -0.3 is 20.4 Å². The van der Waals surface area contributed by atoms with Crippen LogP contribution in [-0.4, -0.2) is 33.9 Å². The summed E-state index contributed by atoms with van der Waals surface area (Å²) in [6, 6.07) is 9.43. The molecule has 0 atom stereocenters. The molecule has 1 amide bonds. The molecule has 3 aromatic heterocycles. The number of methoxy groups -OCH3 is 1. The maximum absolute atomic E-state index is 12.9. The van der Waals surface area contributed by atoms with Crippen molar-refractivity contribution in [2.24, 2.45) is 0 Å². The Bertz CT molecular complexity index is 1420. The van der Waals surface area contributed by atoms with E-state index in [0.29, 0.717) is 35.5 Å². The van der Waals surface area contributed by atoms with Crippen molar-refractivity contribution in [2.75, 3.05) is 17.7 Å². The molecule has 11 heteroatoms. The van der Waals surface area contributed by atoms with Crippen LogP contribution in [0.4, 0.5) is 24.5 Å². The number of carbonyl (C=O) groups is 2. The molecule has 180 valence electrons. The van der Waals surface area contributed by atoms with Gasteiger partial charge in [-0.25, -0.2) is 9.78 Å². The number of aryl methyl sites for hydroxylation is 1. The highest BCUT2D eigenvalue weighted by molar-refractivity contribution is 6.04. The van der Waals surface area contributed by atoms with E-state index in [1.54, 1.807) is 30.5 Å². The molecule has 0 radical (unpaired) electrons. The highest BCUT2D eigenvalue weighted by Gasteiger charge is 2.31. The highest BCUT2D eigenvalue weighted by atomic mass is 19.4. The average molecular weight is 483 g/mol. The maximum atomic E-state index is 12.9. The van der Waals surface area contributed by atoms with Crippen molar-refractivity contribution in [3.05, 3.63) is 82.9 Å². The van der Waals surface area contributed by atoms with Crippen molar-refractivity contribution >= 4 is 34.3 Å². The summed E-state index contributed by atoms with van der Waals surface area (Å²) in [5.41, 5.74) is 2.58. The van der Waals surface area contributed by atoms with Crippen LogP contribution in [0.1, 0.15) is 37.5 Å². The fourth-order valence-corrected chi connectivity index (χ4v) is 3.39. The topological polar surface area (TPSA) is 109 Å². The lowest BCUT2D eigenvalue weighted by Crippen LogP contribution is -2.15. The maximum Gasteiger partial charge on any atom is 0.417 e. The van der Waals surface area contributed by atoms with Gasteiger partial charge in [0.25, 0.3) is 5.91 Å². The first-order chi connectivity index (χ1) is 16.6. The number of aromatic nitrogens is 3. The minimum absolute atomic E-state index is 0.197. The Morgan fingerprint density at radius 3 is 2.60 bits per heavy atom. The first-order valence-corrected chi connectivity index (χ1v) is 10.4. The van der Waals surface area contributed by atoms with E-state index in [1.165, 1.54) is 7.11 Å². The largest absolute Gasteiger partial charge is 0.464 e. The third-order valence-corrected chi connectivity index (χ3v) is 5.29. The summed E-state index contributed by atoms with van der Waals surface area (Å²) in [5.74, 6) is -1.19. The van der Waals surface area contributed by atoms with Crippen molar-refractivity contribution in [1.29, 1.82) is 0 Å². The summed E-state index contributed by atoms with van der Waals surface area (Å²) in [4.78, 5) is 34.9. The van der Waals surface area contributed by atoms with Crippen molar-refractivity contribution < 1.29 is 27.5 Å². The number of esters is 1. The van der Waals surface area contributed by atoms with Gasteiger partial charge in [-0.3, -0.25) is 9.78 Å². The number of fused-ring (bicyclic) bond motifs is 1. The average Bonchev–Trinajstić information content (AvgIpc) is 3.27. The predicted molar refractivity (Wildman–Crippen MR) is 123 cm³/mol. The zero-order valence-electron chi connectivity index (χ0n) is 18.7. The number of anilines is 2. The number of carbonyl (C=O) groups excluding carboxylic acids is 2. The van der Waals surface area contributed by atoms with E-state index in [-0.39, 0.29) is 5.56 Å². The van der Waals surface area contributed by atoms with E-state index >= 15 is 0 Å². The number of aromatic amines is 1. The van der Waals surface area contributed by atoms with Crippen LogP contribution in [0.25, 0.3) is 11.0 Å². The molecular weight excluding hydrogens is 463 g/mol. The van der Waals surface area contributed by atoms with Gasteiger partial charge in [0, 0.05) is 30.0 Å². The van der Waals surface area contributed by atoms with Crippen molar-refractivity contribution in [2.45, 2.75) is 19.6 Å². The molecular formula is C24H20F3N5O3. The summed E-state index contributed by atoms with van der Waals surface area (Å²) < 4.78 is 43.4. The number of ether oxygens (including phenoxy) is 1. The molecule has 0 spiro atoms. The number of halogens is 3. The SMILES string of the molecule is COC(=O)c1cc2cc(NCc3cc(NC(=O)c4cncc(C(F)(F)F)c4)ccc3C)cnc2[nH]1. The van der Waals surface area contributed by atoms with Crippen LogP contribution in [0.5, 0.6) is 0 Å². The van der Waals surface area contributed by atoms with Crippen LogP contribution in [0, 0.1) is 6.92 Å². The van der Waals surface area contributed by atoms with Gasteiger partial charge >= 0.3 is 12.1 Å². The second kappa shape index (κ2) is 9.45. The molecule has 8 nitrogen and oxygen atoms in total. The van der Waals surface area contributed by atoms with Gasteiger partial charge in [0.05, 0.1) is 30.1 Å². The number of nitrogens with one attached hydrogen (secondary N) is 3.